The lowest BCUT2D eigenvalue weighted by Gasteiger charge is -2.43. The van der Waals surface area contributed by atoms with E-state index in [0.717, 1.165) is 57.8 Å². The van der Waals surface area contributed by atoms with Crippen molar-refractivity contribution in [1.82, 2.24) is 19.7 Å². The number of ether oxygens (including phenoxy) is 3. The van der Waals surface area contributed by atoms with Crippen molar-refractivity contribution in [2.75, 3.05) is 26.3 Å². The molecule has 4 aromatic rings. The molecule has 7 rings (SSSR count). The van der Waals surface area contributed by atoms with E-state index in [4.69, 9.17) is 24.3 Å². The first-order valence-electron chi connectivity index (χ1n) is 16.1. The summed E-state index contributed by atoms with van der Waals surface area (Å²) in [5.74, 6) is -0.0866. The highest BCUT2D eigenvalue weighted by Gasteiger charge is 2.56. The average Bonchev–Trinajstić information content (AvgIpc) is 3.57. The third-order valence-electron chi connectivity index (χ3n) is 9.56. The van der Waals surface area contributed by atoms with E-state index in [-0.39, 0.29) is 42.5 Å². The van der Waals surface area contributed by atoms with Crippen molar-refractivity contribution in [2.24, 2.45) is 5.41 Å². The molecule has 1 aliphatic carbocycles. The maximum Gasteiger partial charge on any atom is 0.325 e. The number of hydrogen-bond donors (Lipinski definition) is 0. The largest absolute Gasteiger partial charge is 0.474 e. The molecule has 1 saturated carbocycles. The van der Waals surface area contributed by atoms with Gasteiger partial charge >= 0.3 is 5.97 Å². The van der Waals surface area contributed by atoms with Crippen molar-refractivity contribution in [3.8, 4) is 17.0 Å². The van der Waals surface area contributed by atoms with Crippen LogP contribution in [0, 0.1) is 11.2 Å². The van der Waals surface area contributed by atoms with Gasteiger partial charge in [-0.05, 0) is 86.6 Å². The third kappa shape index (κ3) is 5.32. The maximum absolute atomic E-state index is 14.0. The average molecular weight is 615 g/mol. The Bertz CT molecular complexity index is 1760. The summed E-state index contributed by atoms with van der Waals surface area (Å²) in [6, 6.07) is 10.8. The topological polar surface area (TPSA) is 95.8 Å². The lowest BCUT2D eigenvalue weighted by Crippen LogP contribution is -2.49. The van der Waals surface area contributed by atoms with Crippen LogP contribution in [0.25, 0.3) is 32.8 Å². The Labute approximate surface area is 261 Å². The molecule has 1 amide bonds. The van der Waals surface area contributed by atoms with Crippen LogP contribution in [0.5, 0.6) is 5.88 Å². The molecular formula is C35H39FN4O5. The quantitative estimate of drug-likeness (QED) is 0.208. The van der Waals surface area contributed by atoms with Gasteiger partial charge < -0.3 is 19.1 Å². The van der Waals surface area contributed by atoms with Gasteiger partial charge in [0.2, 0.25) is 11.8 Å². The van der Waals surface area contributed by atoms with Crippen molar-refractivity contribution in [3.05, 3.63) is 54.1 Å². The minimum absolute atomic E-state index is 0.000777. The summed E-state index contributed by atoms with van der Waals surface area (Å²) in [5.41, 5.74) is 3.12. The smallest absolute Gasteiger partial charge is 0.325 e. The molecule has 1 unspecified atom stereocenters. The number of nitrogens with zero attached hydrogens (tertiary/aromatic N) is 4. The molecule has 4 heterocycles. The third-order valence-corrected chi connectivity index (χ3v) is 9.56. The first-order chi connectivity index (χ1) is 21.8. The Kier molecular flexibility index (Phi) is 7.71. The number of pyridine rings is 1. The molecule has 0 radical (unpaired) electrons. The molecule has 45 heavy (non-hydrogen) atoms. The number of benzene rings is 2. The van der Waals surface area contributed by atoms with Crippen molar-refractivity contribution in [2.45, 2.75) is 77.5 Å². The highest BCUT2D eigenvalue weighted by atomic mass is 19.1. The lowest BCUT2D eigenvalue weighted by atomic mass is 9.65. The number of likely N-dealkylation sites (tertiary alicyclic amines) is 1. The van der Waals surface area contributed by atoms with Gasteiger partial charge in [-0.25, -0.2) is 14.1 Å². The van der Waals surface area contributed by atoms with Gasteiger partial charge in [-0.2, -0.15) is 5.10 Å². The van der Waals surface area contributed by atoms with E-state index in [2.05, 4.69) is 26.0 Å². The molecule has 2 aromatic heterocycles. The van der Waals surface area contributed by atoms with Gasteiger partial charge in [-0.1, -0.05) is 26.0 Å². The summed E-state index contributed by atoms with van der Waals surface area (Å²) in [6.07, 6.45) is 6.42. The Balaban J connectivity index is 1.27. The van der Waals surface area contributed by atoms with Crippen molar-refractivity contribution in [1.29, 1.82) is 0 Å². The molecule has 0 bridgehead atoms. The van der Waals surface area contributed by atoms with E-state index in [0.29, 0.717) is 44.9 Å². The van der Waals surface area contributed by atoms with Gasteiger partial charge in [0.25, 0.3) is 0 Å². The number of aromatic nitrogens is 3. The summed E-state index contributed by atoms with van der Waals surface area (Å²) in [5, 5.41) is 7.51. The first-order valence-corrected chi connectivity index (χ1v) is 16.1. The van der Waals surface area contributed by atoms with Crippen LogP contribution in [0.1, 0.15) is 77.1 Å². The zero-order chi connectivity index (χ0) is 31.3. The van der Waals surface area contributed by atoms with Crippen LogP contribution in [0.4, 0.5) is 4.39 Å². The molecule has 0 N–H and O–H groups in total. The highest BCUT2D eigenvalue weighted by molar-refractivity contribution is 6.07. The Morgan fingerprint density at radius 2 is 1.96 bits per heavy atom. The summed E-state index contributed by atoms with van der Waals surface area (Å²) >= 11 is 0. The van der Waals surface area contributed by atoms with Crippen LogP contribution in [0.15, 0.2) is 42.6 Å². The van der Waals surface area contributed by atoms with Crippen LogP contribution in [0.3, 0.4) is 0 Å². The number of fused-ring (bicyclic) bond motifs is 2. The second kappa shape index (κ2) is 11.7. The van der Waals surface area contributed by atoms with Crippen molar-refractivity contribution in [3.63, 3.8) is 0 Å². The minimum Gasteiger partial charge on any atom is -0.474 e. The number of esters is 1. The van der Waals surface area contributed by atoms with Crippen molar-refractivity contribution < 1.29 is 28.2 Å². The fourth-order valence-electron chi connectivity index (χ4n) is 7.25. The van der Waals surface area contributed by atoms with Crippen LogP contribution in [0.2, 0.25) is 0 Å². The summed E-state index contributed by atoms with van der Waals surface area (Å²) in [4.78, 5) is 32.1. The van der Waals surface area contributed by atoms with Gasteiger partial charge in [0.15, 0.2) is 6.23 Å². The Morgan fingerprint density at radius 3 is 2.67 bits per heavy atom. The lowest BCUT2D eigenvalue weighted by molar-refractivity contribution is -0.153. The van der Waals surface area contributed by atoms with Gasteiger partial charge in [-0.15, -0.1) is 0 Å². The van der Waals surface area contributed by atoms with E-state index >= 15 is 0 Å². The van der Waals surface area contributed by atoms with E-state index < -0.39 is 5.41 Å². The monoisotopic (exact) mass is 614 g/mol. The molecule has 2 aliphatic heterocycles. The molecule has 2 saturated heterocycles. The highest BCUT2D eigenvalue weighted by Crippen LogP contribution is 2.51. The van der Waals surface area contributed by atoms with Gasteiger partial charge in [0.05, 0.1) is 29.4 Å². The number of amides is 1. The molecule has 9 nitrogen and oxygen atoms in total. The van der Waals surface area contributed by atoms with Crippen LogP contribution in [-0.4, -0.2) is 63.9 Å². The fraction of sp³-hybridized carbons (Fsp3) is 0.486. The predicted octanol–water partition coefficient (Wildman–Crippen LogP) is 6.54. The number of carbonyl (C=O) groups is 2. The van der Waals surface area contributed by atoms with Crippen LogP contribution in [-0.2, 0) is 19.1 Å². The zero-order valence-electron chi connectivity index (χ0n) is 26.1. The second-order valence-corrected chi connectivity index (χ2v) is 12.9. The Hall–Kier alpha value is -4.05. The molecule has 1 atom stereocenters. The summed E-state index contributed by atoms with van der Waals surface area (Å²) < 4.78 is 33.8. The van der Waals surface area contributed by atoms with E-state index in [9.17, 15) is 14.0 Å². The first kappa shape index (κ1) is 29.6. The summed E-state index contributed by atoms with van der Waals surface area (Å²) in [6.45, 7) is 7.48. The number of rotatable bonds is 8. The molecule has 1 spiro atoms. The van der Waals surface area contributed by atoms with Crippen LogP contribution >= 0.6 is 0 Å². The number of carbonyl (C=O) groups excluding carboxylic acids is 2. The number of hydrogen-bond acceptors (Lipinski definition) is 7. The van der Waals surface area contributed by atoms with E-state index in [1.54, 1.807) is 24.0 Å². The SMILES string of the molecule is CCOC(=O)CN1CCC2(CC(Oc3nc(C(C)C)c(-c4ccc(F)cc4)c4cc5cnn(C6CCCCO6)c5cc34)C2)C1=O. The number of halogens is 1. The fourth-order valence-corrected chi connectivity index (χ4v) is 7.25. The maximum atomic E-state index is 14.0. The van der Waals surface area contributed by atoms with Crippen LogP contribution < -0.4 is 4.74 Å². The van der Waals surface area contributed by atoms with E-state index in [1.807, 2.05) is 10.9 Å². The standard InChI is InChI=1S/C35H39FN4O5/c1-4-43-30(41)20-39-13-12-35(34(39)42)17-25(18-35)45-33-27-16-28-23(19-37-40(28)29-7-5-6-14-44-29)15-26(27)31(32(38-33)21(2)3)22-8-10-24(36)11-9-22/h8-11,15-16,19,21,25,29H,4-7,12-14,17-18,20H2,1-3H3. The molecule has 3 aliphatic rings. The van der Waals surface area contributed by atoms with Crippen molar-refractivity contribution >= 4 is 33.6 Å². The zero-order valence-corrected chi connectivity index (χ0v) is 26.1. The minimum atomic E-state index is -0.508. The van der Waals surface area contributed by atoms with Gasteiger partial charge in [0, 0.05) is 29.5 Å². The summed E-state index contributed by atoms with van der Waals surface area (Å²) in [7, 11) is 0. The Morgan fingerprint density at radius 1 is 1.16 bits per heavy atom. The van der Waals surface area contributed by atoms with Gasteiger partial charge in [-0.3, -0.25) is 9.59 Å². The van der Waals surface area contributed by atoms with Gasteiger partial charge in [0.1, 0.15) is 18.5 Å². The molecule has 3 fully saturated rings. The predicted molar refractivity (Wildman–Crippen MR) is 167 cm³/mol. The second-order valence-electron chi connectivity index (χ2n) is 12.9. The molecular weight excluding hydrogens is 575 g/mol. The molecule has 10 heteroatoms. The molecule has 2 aromatic carbocycles. The molecule has 236 valence electrons. The normalized spacial score (nSPS) is 23.3. The van der Waals surface area contributed by atoms with E-state index in [1.165, 1.54) is 12.1 Å².